The van der Waals surface area contributed by atoms with Gasteiger partial charge < -0.3 is 15.2 Å². The number of hydrogen-bond donors (Lipinski definition) is 2. The Morgan fingerprint density at radius 1 is 1.39 bits per heavy atom. The van der Waals surface area contributed by atoms with Gasteiger partial charge in [0.2, 0.25) is 5.91 Å². The molecule has 0 saturated heterocycles. The van der Waals surface area contributed by atoms with Gasteiger partial charge >= 0.3 is 5.97 Å². The maximum Gasteiger partial charge on any atom is 0.307 e. The number of ether oxygens (including phenoxy) is 1. The van der Waals surface area contributed by atoms with E-state index in [1.54, 1.807) is 0 Å². The van der Waals surface area contributed by atoms with E-state index < -0.39 is 12.0 Å². The van der Waals surface area contributed by atoms with Gasteiger partial charge in [-0.15, -0.1) is 0 Å². The SMILES string of the molecule is COC(=O)CC(CO)NC(=O)C1C[C@@H]2CC[C@H]1C2. The summed E-state index contributed by atoms with van der Waals surface area (Å²) in [4.78, 5) is 23.2. The molecule has 2 aliphatic carbocycles. The molecule has 0 aromatic carbocycles. The number of rotatable bonds is 5. The maximum atomic E-state index is 12.1. The normalized spacial score (nSPS) is 31.1. The predicted octanol–water partition coefficient (Wildman–Crippen LogP) is 0.463. The van der Waals surface area contributed by atoms with E-state index in [9.17, 15) is 14.7 Å². The third-order valence-corrected chi connectivity index (χ3v) is 4.28. The van der Waals surface area contributed by atoms with Gasteiger partial charge in [0, 0.05) is 5.92 Å². The molecule has 1 amide bonds. The van der Waals surface area contributed by atoms with Crippen molar-refractivity contribution in [3.8, 4) is 0 Å². The first-order chi connectivity index (χ1) is 8.63. The number of carbonyl (C=O) groups excluding carboxylic acids is 2. The van der Waals surface area contributed by atoms with Crippen molar-refractivity contribution < 1.29 is 19.4 Å². The molecule has 2 saturated carbocycles. The zero-order chi connectivity index (χ0) is 13.1. The fraction of sp³-hybridized carbons (Fsp3) is 0.846. The second kappa shape index (κ2) is 5.69. The van der Waals surface area contributed by atoms with Gasteiger partial charge in [0.25, 0.3) is 0 Å². The minimum absolute atomic E-state index is 0.00912. The number of carbonyl (C=O) groups is 2. The summed E-state index contributed by atoms with van der Waals surface area (Å²) >= 11 is 0. The van der Waals surface area contributed by atoms with Crippen LogP contribution in [0, 0.1) is 17.8 Å². The lowest BCUT2D eigenvalue weighted by Gasteiger charge is -2.23. The molecule has 2 bridgehead atoms. The highest BCUT2D eigenvalue weighted by Gasteiger charge is 2.43. The van der Waals surface area contributed by atoms with Crippen LogP contribution in [0.4, 0.5) is 0 Å². The summed E-state index contributed by atoms with van der Waals surface area (Å²) in [5.74, 6) is 0.870. The van der Waals surface area contributed by atoms with Crippen LogP contribution in [0.3, 0.4) is 0 Å². The average molecular weight is 255 g/mol. The van der Waals surface area contributed by atoms with E-state index in [1.165, 1.54) is 20.0 Å². The van der Waals surface area contributed by atoms with E-state index in [1.807, 2.05) is 0 Å². The monoisotopic (exact) mass is 255 g/mol. The van der Waals surface area contributed by atoms with Gasteiger partial charge in [0.05, 0.1) is 26.2 Å². The smallest absolute Gasteiger partial charge is 0.307 e. The lowest BCUT2D eigenvalue weighted by atomic mass is 9.88. The number of aliphatic hydroxyl groups excluding tert-OH is 1. The highest BCUT2D eigenvalue weighted by molar-refractivity contribution is 5.80. The van der Waals surface area contributed by atoms with Crippen molar-refractivity contribution in [3.63, 3.8) is 0 Å². The van der Waals surface area contributed by atoms with E-state index in [0.717, 1.165) is 12.8 Å². The largest absolute Gasteiger partial charge is 0.469 e. The van der Waals surface area contributed by atoms with Crippen LogP contribution in [0.1, 0.15) is 32.1 Å². The third kappa shape index (κ3) is 2.83. The van der Waals surface area contributed by atoms with Crippen LogP contribution in [0.15, 0.2) is 0 Å². The average Bonchev–Trinajstić information content (AvgIpc) is 2.99. The number of nitrogens with one attached hydrogen (secondary N) is 1. The lowest BCUT2D eigenvalue weighted by Crippen LogP contribution is -2.43. The van der Waals surface area contributed by atoms with Crippen molar-refractivity contribution in [2.24, 2.45) is 17.8 Å². The molecule has 0 aromatic rings. The van der Waals surface area contributed by atoms with E-state index in [4.69, 9.17) is 0 Å². The summed E-state index contributed by atoms with van der Waals surface area (Å²) < 4.78 is 4.54. The zero-order valence-corrected chi connectivity index (χ0v) is 10.7. The Morgan fingerprint density at radius 2 is 2.17 bits per heavy atom. The quantitative estimate of drug-likeness (QED) is 0.700. The number of hydrogen-bond acceptors (Lipinski definition) is 4. The topological polar surface area (TPSA) is 75.6 Å². The molecule has 4 atom stereocenters. The molecule has 0 aliphatic heterocycles. The molecule has 5 nitrogen and oxygen atoms in total. The lowest BCUT2D eigenvalue weighted by molar-refractivity contribution is -0.141. The van der Waals surface area contributed by atoms with E-state index >= 15 is 0 Å². The van der Waals surface area contributed by atoms with Crippen molar-refractivity contribution in [3.05, 3.63) is 0 Å². The highest BCUT2D eigenvalue weighted by atomic mass is 16.5. The minimum atomic E-state index is -0.524. The van der Waals surface area contributed by atoms with Crippen molar-refractivity contribution in [2.45, 2.75) is 38.1 Å². The van der Waals surface area contributed by atoms with Gasteiger partial charge in [0.1, 0.15) is 0 Å². The number of fused-ring (bicyclic) bond motifs is 2. The Bertz CT molecular complexity index is 331. The summed E-state index contributed by atoms with van der Waals surface area (Å²) in [5.41, 5.74) is 0. The first-order valence-corrected chi connectivity index (χ1v) is 6.62. The second-order valence-electron chi connectivity index (χ2n) is 5.45. The Kier molecular flexibility index (Phi) is 4.22. The zero-order valence-electron chi connectivity index (χ0n) is 10.7. The Balaban J connectivity index is 1.84. The van der Waals surface area contributed by atoms with Gasteiger partial charge in [0.15, 0.2) is 0 Å². The molecule has 0 heterocycles. The number of methoxy groups -OCH3 is 1. The molecule has 2 N–H and O–H groups in total. The van der Waals surface area contributed by atoms with E-state index in [2.05, 4.69) is 10.1 Å². The highest BCUT2D eigenvalue weighted by Crippen LogP contribution is 2.48. The molecule has 2 rings (SSSR count). The maximum absolute atomic E-state index is 12.1. The molecule has 2 aliphatic rings. The van der Waals surface area contributed by atoms with Crippen LogP contribution in [0.25, 0.3) is 0 Å². The minimum Gasteiger partial charge on any atom is -0.469 e. The molecular weight excluding hydrogens is 234 g/mol. The van der Waals surface area contributed by atoms with Crippen molar-refractivity contribution in [1.29, 1.82) is 0 Å². The molecule has 2 unspecified atom stereocenters. The number of esters is 1. The molecule has 102 valence electrons. The van der Waals surface area contributed by atoms with Gasteiger partial charge in [-0.25, -0.2) is 0 Å². The van der Waals surface area contributed by atoms with Crippen LogP contribution in [-0.2, 0) is 14.3 Å². The molecule has 0 aromatic heterocycles. The van der Waals surface area contributed by atoms with Gasteiger partial charge in [-0.1, -0.05) is 6.42 Å². The van der Waals surface area contributed by atoms with Gasteiger partial charge in [-0.3, -0.25) is 9.59 Å². The van der Waals surface area contributed by atoms with Crippen LogP contribution in [0.2, 0.25) is 0 Å². The first-order valence-electron chi connectivity index (χ1n) is 6.62. The number of aliphatic hydroxyl groups is 1. The summed E-state index contributed by atoms with van der Waals surface area (Å²) in [6.45, 7) is -0.234. The Morgan fingerprint density at radius 3 is 2.67 bits per heavy atom. The summed E-state index contributed by atoms with van der Waals surface area (Å²) in [6, 6.07) is -0.524. The van der Waals surface area contributed by atoms with Crippen molar-refractivity contribution >= 4 is 11.9 Å². The van der Waals surface area contributed by atoms with Crippen molar-refractivity contribution in [1.82, 2.24) is 5.32 Å². The predicted molar refractivity (Wildman–Crippen MR) is 64.6 cm³/mol. The van der Waals surface area contributed by atoms with E-state index in [0.29, 0.717) is 11.8 Å². The summed E-state index contributed by atoms with van der Waals surface area (Å²) in [7, 11) is 1.30. The molecular formula is C13H21NO4. The van der Waals surface area contributed by atoms with Crippen molar-refractivity contribution in [2.75, 3.05) is 13.7 Å². The first kappa shape index (κ1) is 13.3. The molecule has 0 radical (unpaired) electrons. The van der Waals surface area contributed by atoms with Crippen LogP contribution >= 0.6 is 0 Å². The molecule has 2 fully saturated rings. The van der Waals surface area contributed by atoms with E-state index in [-0.39, 0.29) is 24.9 Å². The summed E-state index contributed by atoms with van der Waals surface area (Å²) in [6.07, 6.45) is 4.55. The van der Waals surface area contributed by atoms with Gasteiger partial charge in [-0.05, 0) is 31.1 Å². The fourth-order valence-electron chi connectivity index (χ4n) is 3.32. The Labute approximate surface area is 107 Å². The summed E-state index contributed by atoms with van der Waals surface area (Å²) in [5, 5.41) is 11.9. The second-order valence-corrected chi connectivity index (χ2v) is 5.45. The van der Waals surface area contributed by atoms with Crippen LogP contribution in [0.5, 0.6) is 0 Å². The Hall–Kier alpha value is -1.10. The fourth-order valence-corrected chi connectivity index (χ4v) is 3.32. The molecule has 18 heavy (non-hydrogen) atoms. The standard InChI is InChI=1S/C13H21NO4/c1-18-12(16)6-10(7-15)14-13(17)11-5-8-2-3-9(11)4-8/h8-11,15H,2-7H2,1H3,(H,14,17)/t8-,9+,10?,11?/m1/s1. The molecule has 0 spiro atoms. The molecule has 5 heteroatoms. The van der Waals surface area contributed by atoms with Crippen LogP contribution < -0.4 is 5.32 Å². The number of amides is 1. The van der Waals surface area contributed by atoms with Crippen LogP contribution in [-0.4, -0.2) is 36.7 Å². The third-order valence-electron chi connectivity index (χ3n) is 4.28. The van der Waals surface area contributed by atoms with Gasteiger partial charge in [-0.2, -0.15) is 0 Å².